The summed E-state index contributed by atoms with van der Waals surface area (Å²) in [5.74, 6) is -0.996. The highest BCUT2D eigenvalue weighted by Crippen LogP contribution is 2.30. The van der Waals surface area contributed by atoms with Crippen molar-refractivity contribution in [1.29, 1.82) is 0 Å². The van der Waals surface area contributed by atoms with Gasteiger partial charge in [-0.25, -0.2) is 9.37 Å². The average molecular weight is 300 g/mol. The van der Waals surface area contributed by atoms with E-state index in [1.165, 1.54) is 18.2 Å². The molecule has 1 unspecified atom stereocenters. The predicted octanol–water partition coefficient (Wildman–Crippen LogP) is 3.39. The molecule has 1 aromatic heterocycles. The molecule has 0 radical (unpaired) electrons. The summed E-state index contributed by atoms with van der Waals surface area (Å²) < 4.78 is 51.0. The summed E-state index contributed by atoms with van der Waals surface area (Å²) in [6.07, 6.45) is -4.62. The van der Waals surface area contributed by atoms with Crippen molar-refractivity contribution in [3.05, 3.63) is 47.4 Å². The summed E-state index contributed by atoms with van der Waals surface area (Å²) in [6, 6.07) is 6.03. The first kappa shape index (κ1) is 15.0. The molecule has 0 bridgehead atoms. The maximum absolute atomic E-state index is 13.1. The molecule has 0 spiro atoms. The number of hydrogen-bond acceptors (Lipinski definition) is 4. The van der Waals surface area contributed by atoms with Crippen LogP contribution in [0.2, 0.25) is 0 Å². The van der Waals surface area contributed by atoms with E-state index in [1.807, 2.05) is 0 Å². The molecule has 1 aromatic carbocycles. The van der Waals surface area contributed by atoms with Gasteiger partial charge in [-0.1, -0.05) is 12.1 Å². The van der Waals surface area contributed by atoms with Gasteiger partial charge in [0, 0.05) is 6.07 Å². The molecule has 0 amide bonds. The number of halogens is 4. The molecule has 112 valence electrons. The molecule has 0 aliphatic heterocycles. The minimum absolute atomic E-state index is 0.0772. The van der Waals surface area contributed by atoms with E-state index in [1.54, 1.807) is 13.0 Å². The second-order valence-electron chi connectivity index (χ2n) is 4.42. The third-order valence-corrected chi connectivity index (χ3v) is 2.75. The minimum Gasteiger partial charge on any atom is -0.368 e. The zero-order valence-electron chi connectivity index (χ0n) is 10.9. The van der Waals surface area contributed by atoms with Crippen molar-refractivity contribution in [2.45, 2.75) is 19.1 Å². The van der Waals surface area contributed by atoms with E-state index in [9.17, 15) is 17.6 Å². The Labute approximate surface area is 118 Å². The van der Waals surface area contributed by atoms with E-state index in [-0.39, 0.29) is 5.82 Å². The summed E-state index contributed by atoms with van der Waals surface area (Å²) in [5, 5.41) is 2.74. The van der Waals surface area contributed by atoms with Gasteiger partial charge in [0.15, 0.2) is 5.69 Å². The lowest BCUT2D eigenvalue weighted by Gasteiger charge is -2.16. The van der Waals surface area contributed by atoms with Crippen LogP contribution in [0.15, 0.2) is 30.3 Å². The molecule has 1 heterocycles. The van der Waals surface area contributed by atoms with Gasteiger partial charge >= 0.3 is 6.18 Å². The molecular weight excluding hydrogens is 288 g/mol. The van der Waals surface area contributed by atoms with E-state index in [0.717, 1.165) is 6.07 Å². The van der Waals surface area contributed by atoms with Crippen LogP contribution >= 0.6 is 0 Å². The van der Waals surface area contributed by atoms with Crippen LogP contribution in [0.25, 0.3) is 0 Å². The van der Waals surface area contributed by atoms with Gasteiger partial charge in [0.05, 0.1) is 6.04 Å². The number of benzene rings is 1. The Morgan fingerprint density at radius 1 is 1.19 bits per heavy atom. The summed E-state index contributed by atoms with van der Waals surface area (Å²) in [5.41, 5.74) is 4.71. The summed E-state index contributed by atoms with van der Waals surface area (Å²) in [6.45, 7) is 1.67. The summed E-state index contributed by atoms with van der Waals surface area (Å²) in [4.78, 5) is 6.84. The van der Waals surface area contributed by atoms with Crippen molar-refractivity contribution in [2.24, 2.45) is 0 Å². The molecule has 3 N–H and O–H groups in total. The highest BCUT2D eigenvalue weighted by molar-refractivity contribution is 5.43. The van der Waals surface area contributed by atoms with Crippen molar-refractivity contribution in [1.82, 2.24) is 9.97 Å². The number of nitrogens with two attached hydrogens (primary N) is 1. The van der Waals surface area contributed by atoms with Crippen molar-refractivity contribution in [3.8, 4) is 0 Å². The number of alkyl halides is 3. The first-order valence-electron chi connectivity index (χ1n) is 5.99. The third kappa shape index (κ3) is 3.80. The number of nitrogens with zero attached hydrogens (tertiary/aromatic N) is 2. The topological polar surface area (TPSA) is 63.8 Å². The van der Waals surface area contributed by atoms with Crippen LogP contribution in [0.3, 0.4) is 0 Å². The average Bonchev–Trinajstić information content (AvgIpc) is 2.37. The van der Waals surface area contributed by atoms with Crippen molar-refractivity contribution < 1.29 is 17.6 Å². The smallest absolute Gasteiger partial charge is 0.368 e. The number of nitrogens with one attached hydrogen (secondary N) is 1. The number of anilines is 2. The molecule has 21 heavy (non-hydrogen) atoms. The van der Waals surface area contributed by atoms with Gasteiger partial charge in [0.1, 0.15) is 11.6 Å². The fourth-order valence-corrected chi connectivity index (χ4v) is 1.77. The fourth-order valence-electron chi connectivity index (χ4n) is 1.77. The monoisotopic (exact) mass is 300 g/mol. The van der Waals surface area contributed by atoms with Crippen LogP contribution in [0.5, 0.6) is 0 Å². The molecule has 0 saturated carbocycles. The molecule has 1 atom stereocenters. The van der Waals surface area contributed by atoms with Gasteiger partial charge in [-0.3, -0.25) is 0 Å². The maximum atomic E-state index is 13.1. The van der Waals surface area contributed by atoms with E-state index >= 15 is 0 Å². The Kier molecular flexibility index (Phi) is 3.97. The van der Waals surface area contributed by atoms with Crippen molar-refractivity contribution in [2.75, 3.05) is 11.1 Å². The molecule has 0 aliphatic rings. The first-order valence-corrected chi connectivity index (χ1v) is 5.99. The molecule has 4 nitrogen and oxygen atoms in total. The SMILES string of the molecule is CC(Nc1cc(C(F)(F)F)nc(N)n1)c1cccc(F)c1. The predicted molar refractivity (Wildman–Crippen MR) is 69.9 cm³/mol. The van der Waals surface area contributed by atoms with E-state index in [2.05, 4.69) is 15.3 Å². The van der Waals surface area contributed by atoms with Crippen LogP contribution < -0.4 is 11.1 Å². The van der Waals surface area contributed by atoms with Crippen molar-refractivity contribution in [3.63, 3.8) is 0 Å². The zero-order chi connectivity index (χ0) is 15.6. The molecule has 0 aliphatic carbocycles. The maximum Gasteiger partial charge on any atom is 0.433 e. The summed E-state index contributed by atoms with van der Waals surface area (Å²) >= 11 is 0. The largest absolute Gasteiger partial charge is 0.433 e. The van der Waals surface area contributed by atoms with Gasteiger partial charge < -0.3 is 11.1 Å². The van der Waals surface area contributed by atoms with Crippen LogP contribution in [0, 0.1) is 5.82 Å². The minimum atomic E-state index is -4.62. The normalized spacial score (nSPS) is 13.0. The van der Waals surface area contributed by atoms with Crippen LogP contribution in [-0.2, 0) is 6.18 Å². The molecule has 8 heteroatoms. The molecule has 2 aromatic rings. The van der Waals surface area contributed by atoms with Gasteiger partial charge in [0.25, 0.3) is 0 Å². The molecule has 0 fully saturated rings. The van der Waals surface area contributed by atoms with E-state index in [4.69, 9.17) is 5.73 Å². The lowest BCUT2D eigenvalue weighted by molar-refractivity contribution is -0.141. The number of nitrogen functional groups attached to an aromatic ring is 1. The van der Waals surface area contributed by atoms with Gasteiger partial charge in [-0.2, -0.15) is 18.2 Å². The van der Waals surface area contributed by atoms with Crippen LogP contribution in [0.4, 0.5) is 29.3 Å². The van der Waals surface area contributed by atoms with Gasteiger partial charge in [-0.05, 0) is 24.6 Å². The molecular formula is C13H12F4N4. The third-order valence-electron chi connectivity index (χ3n) is 2.75. The highest BCUT2D eigenvalue weighted by atomic mass is 19.4. The van der Waals surface area contributed by atoms with Crippen molar-refractivity contribution >= 4 is 11.8 Å². The van der Waals surface area contributed by atoms with E-state index in [0.29, 0.717) is 5.56 Å². The lowest BCUT2D eigenvalue weighted by atomic mass is 10.1. The fraction of sp³-hybridized carbons (Fsp3) is 0.231. The molecule has 0 saturated heterocycles. The number of rotatable bonds is 3. The van der Waals surface area contributed by atoms with Crippen LogP contribution in [0.1, 0.15) is 24.2 Å². The molecule has 2 rings (SSSR count). The highest BCUT2D eigenvalue weighted by Gasteiger charge is 2.33. The van der Waals surface area contributed by atoms with Crippen LogP contribution in [-0.4, -0.2) is 9.97 Å². The lowest BCUT2D eigenvalue weighted by Crippen LogP contribution is -2.14. The number of aromatic nitrogens is 2. The van der Waals surface area contributed by atoms with Gasteiger partial charge in [0.2, 0.25) is 5.95 Å². The second-order valence-corrected chi connectivity index (χ2v) is 4.42. The Morgan fingerprint density at radius 2 is 1.90 bits per heavy atom. The number of hydrogen-bond donors (Lipinski definition) is 2. The first-order chi connectivity index (χ1) is 9.75. The Hall–Kier alpha value is -2.38. The second kappa shape index (κ2) is 5.55. The Balaban J connectivity index is 2.25. The van der Waals surface area contributed by atoms with Gasteiger partial charge in [-0.15, -0.1) is 0 Å². The quantitative estimate of drug-likeness (QED) is 0.853. The standard InChI is InChI=1S/C13H12F4N4/c1-7(8-3-2-4-9(14)5-8)19-11-6-10(13(15,16)17)20-12(18)21-11/h2-7H,1H3,(H3,18,19,20,21). The zero-order valence-corrected chi connectivity index (χ0v) is 10.9. The summed E-state index contributed by atoms with van der Waals surface area (Å²) in [7, 11) is 0. The Bertz CT molecular complexity index is 642. The Morgan fingerprint density at radius 3 is 2.52 bits per heavy atom. The van der Waals surface area contributed by atoms with E-state index < -0.39 is 29.7 Å².